The molecule has 1 N–H and O–H groups in total. The largest absolute Gasteiger partial charge is 0.493 e. The number of hydrogen-bond donors (Lipinski definition) is 1. The van der Waals surface area contributed by atoms with Gasteiger partial charge in [-0.05, 0) is 29.7 Å². The Balaban J connectivity index is 2.25. The van der Waals surface area contributed by atoms with Crippen LogP contribution in [0.25, 0.3) is 0 Å². The number of rotatable bonds is 8. The zero-order valence-corrected chi connectivity index (χ0v) is 15.4. The highest BCUT2D eigenvalue weighted by atomic mass is 16.5. The molecule has 2 rings (SSSR count). The molecule has 4 nitrogen and oxygen atoms in total. The highest BCUT2D eigenvalue weighted by Crippen LogP contribution is 2.31. The van der Waals surface area contributed by atoms with Crippen molar-refractivity contribution in [3.63, 3.8) is 0 Å². The molecular weight excluding hydrogens is 314 g/mol. The van der Waals surface area contributed by atoms with Gasteiger partial charge in [-0.3, -0.25) is 4.79 Å². The number of methoxy groups -OCH3 is 2. The van der Waals surface area contributed by atoms with Gasteiger partial charge in [0.1, 0.15) is 0 Å². The molecule has 25 heavy (non-hydrogen) atoms. The van der Waals surface area contributed by atoms with Gasteiger partial charge >= 0.3 is 0 Å². The highest BCUT2D eigenvalue weighted by molar-refractivity contribution is 5.77. The summed E-state index contributed by atoms with van der Waals surface area (Å²) < 4.78 is 10.8. The zero-order chi connectivity index (χ0) is 18.2. The molecule has 0 unspecified atom stereocenters. The first-order valence-electron chi connectivity index (χ1n) is 8.58. The Morgan fingerprint density at radius 3 is 2.28 bits per heavy atom. The fraction of sp³-hybridized carbons (Fsp3) is 0.381. The summed E-state index contributed by atoms with van der Waals surface area (Å²) in [5.74, 6) is 1.61. The minimum absolute atomic E-state index is 0.0252. The molecule has 0 aliphatic carbocycles. The van der Waals surface area contributed by atoms with Crippen molar-refractivity contribution in [1.82, 2.24) is 5.32 Å². The Labute approximate surface area is 150 Å². The van der Waals surface area contributed by atoms with E-state index in [-0.39, 0.29) is 17.7 Å². The quantitative estimate of drug-likeness (QED) is 0.794. The van der Waals surface area contributed by atoms with Crippen LogP contribution < -0.4 is 14.8 Å². The molecule has 0 heterocycles. The number of ether oxygens (including phenoxy) is 2. The van der Waals surface area contributed by atoms with Crippen molar-refractivity contribution in [1.29, 1.82) is 0 Å². The van der Waals surface area contributed by atoms with E-state index in [2.05, 4.69) is 17.4 Å². The smallest absolute Gasteiger partial charge is 0.222 e. The van der Waals surface area contributed by atoms with Crippen LogP contribution in [0.2, 0.25) is 0 Å². The summed E-state index contributed by atoms with van der Waals surface area (Å²) in [6.07, 6.45) is 0.842. The summed E-state index contributed by atoms with van der Waals surface area (Å²) in [5.41, 5.74) is 2.35. The van der Waals surface area contributed by atoms with Crippen LogP contribution in [0.4, 0.5) is 0 Å². The second-order valence-corrected chi connectivity index (χ2v) is 6.40. The molecule has 1 amide bonds. The van der Waals surface area contributed by atoms with Gasteiger partial charge in [0.05, 0.1) is 14.2 Å². The number of carbonyl (C=O) groups excluding carboxylic acids is 1. The molecule has 4 heteroatoms. The maximum absolute atomic E-state index is 12.0. The van der Waals surface area contributed by atoms with E-state index in [1.807, 2.05) is 50.2 Å². The van der Waals surface area contributed by atoms with Crippen LogP contribution in [0.3, 0.4) is 0 Å². The minimum Gasteiger partial charge on any atom is -0.493 e. The number of amides is 1. The Kier molecular flexibility index (Phi) is 6.87. The Bertz CT molecular complexity index is 683. The van der Waals surface area contributed by atoms with E-state index in [0.717, 1.165) is 12.0 Å². The van der Waals surface area contributed by atoms with E-state index in [1.54, 1.807) is 14.2 Å². The van der Waals surface area contributed by atoms with E-state index < -0.39 is 0 Å². The summed E-state index contributed by atoms with van der Waals surface area (Å²) in [7, 11) is 3.26. The van der Waals surface area contributed by atoms with Gasteiger partial charge in [-0.1, -0.05) is 50.2 Å². The van der Waals surface area contributed by atoms with Crippen LogP contribution in [0.5, 0.6) is 11.5 Å². The number of nitrogens with one attached hydrogen (secondary N) is 1. The van der Waals surface area contributed by atoms with E-state index >= 15 is 0 Å². The van der Waals surface area contributed by atoms with Gasteiger partial charge in [0.25, 0.3) is 0 Å². The fourth-order valence-electron chi connectivity index (χ4n) is 2.74. The standard InChI is InChI=1S/C21H27NO3/c1-15(2)21(23)22-14-18(12-16-8-6-5-7-9-16)17-10-11-19(24-3)20(13-17)25-4/h5-11,13,15,18H,12,14H2,1-4H3,(H,22,23)/t18-/m0/s1. The van der Waals surface area contributed by atoms with Crippen molar-refractivity contribution >= 4 is 5.91 Å². The number of benzene rings is 2. The molecule has 0 aliphatic rings. The van der Waals surface area contributed by atoms with Gasteiger partial charge in [0, 0.05) is 18.4 Å². The first-order valence-corrected chi connectivity index (χ1v) is 8.58. The Hall–Kier alpha value is -2.49. The third kappa shape index (κ3) is 5.24. The summed E-state index contributed by atoms with van der Waals surface area (Å²) in [4.78, 5) is 12.0. The van der Waals surface area contributed by atoms with Crippen molar-refractivity contribution in [3.8, 4) is 11.5 Å². The lowest BCUT2D eigenvalue weighted by Crippen LogP contribution is -2.32. The minimum atomic E-state index is -0.0252. The van der Waals surface area contributed by atoms with Crippen LogP contribution in [0, 0.1) is 5.92 Å². The first kappa shape index (κ1) is 18.8. The fourth-order valence-corrected chi connectivity index (χ4v) is 2.74. The predicted octanol–water partition coefficient (Wildman–Crippen LogP) is 3.80. The van der Waals surface area contributed by atoms with Crippen molar-refractivity contribution < 1.29 is 14.3 Å². The summed E-state index contributed by atoms with van der Waals surface area (Å²) in [5, 5.41) is 3.06. The van der Waals surface area contributed by atoms with Gasteiger partial charge < -0.3 is 14.8 Å². The van der Waals surface area contributed by atoms with Gasteiger partial charge in [-0.2, -0.15) is 0 Å². The molecule has 0 fully saturated rings. The van der Waals surface area contributed by atoms with Crippen LogP contribution in [0.1, 0.15) is 30.9 Å². The SMILES string of the molecule is COc1ccc([C@H](CNC(=O)C(C)C)Cc2ccccc2)cc1OC. The molecule has 0 spiro atoms. The third-order valence-corrected chi connectivity index (χ3v) is 4.25. The van der Waals surface area contributed by atoms with Gasteiger partial charge in [-0.25, -0.2) is 0 Å². The molecule has 0 aliphatic heterocycles. The first-order chi connectivity index (χ1) is 12.0. The van der Waals surface area contributed by atoms with E-state index in [1.165, 1.54) is 5.56 Å². The second-order valence-electron chi connectivity index (χ2n) is 6.40. The molecule has 0 bridgehead atoms. The topological polar surface area (TPSA) is 47.6 Å². The molecule has 0 aromatic heterocycles. The third-order valence-electron chi connectivity index (χ3n) is 4.25. The summed E-state index contributed by atoms with van der Waals surface area (Å²) in [6.45, 7) is 4.39. The van der Waals surface area contributed by atoms with E-state index in [4.69, 9.17) is 9.47 Å². The normalized spacial score (nSPS) is 11.9. The lowest BCUT2D eigenvalue weighted by Gasteiger charge is -2.20. The zero-order valence-electron chi connectivity index (χ0n) is 15.4. The maximum atomic E-state index is 12.0. The van der Waals surface area contributed by atoms with Gasteiger partial charge in [0.15, 0.2) is 11.5 Å². The second kappa shape index (κ2) is 9.11. The Morgan fingerprint density at radius 1 is 1.00 bits per heavy atom. The van der Waals surface area contributed by atoms with Crippen LogP contribution in [-0.2, 0) is 11.2 Å². The van der Waals surface area contributed by atoms with Crippen molar-refractivity contribution in [2.45, 2.75) is 26.2 Å². The van der Waals surface area contributed by atoms with Crippen LogP contribution in [-0.4, -0.2) is 26.7 Å². The molecule has 1 atom stereocenters. The lowest BCUT2D eigenvalue weighted by atomic mass is 9.91. The lowest BCUT2D eigenvalue weighted by molar-refractivity contribution is -0.124. The monoisotopic (exact) mass is 341 g/mol. The number of carbonyl (C=O) groups is 1. The average molecular weight is 341 g/mol. The van der Waals surface area contributed by atoms with Crippen molar-refractivity contribution in [3.05, 3.63) is 59.7 Å². The van der Waals surface area contributed by atoms with Crippen molar-refractivity contribution in [2.24, 2.45) is 5.92 Å². The molecule has 0 saturated heterocycles. The summed E-state index contributed by atoms with van der Waals surface area (Å²) in [6, 6.07) is 16.2. The summed E-state index contributed by atoms with van der Waals surface area (Å²) >= 11 is 0. The predicted molar refractivity (Wildman–Crippen MR) is 100 cm³/mol. The highest BCUT2D eigenvalue weighted by Gasteiger charge is 2.17. The van der Waals surface area contributed by atoms with E-state index in [0.29, 0.717) is 18.0 Å². The van der Waals surface area contributed by atoms with Gasteiger partial charge in [0.2, 0.25) is 5.91 Å². The van der Waals surface area contributed by atoms with Crippen molar-refractivity contribution in [2.75, 3.05) is 20.8 Å². The molecule has 134 valence electrons. The average Bonchev–Trinajstić information content (AvgIpc) is 2.64. The number of hydrogen-bond acceptors (Lipinski definition) is 3. The van der Waals surface area contributed by atoms with Gasteiger partial charge in [-0.15, -0.1) is 0 Å². The molecular formula is C21H27NO3. The van der Waals surface area contributed by atoms with Crippen LogP contribution in [0.15, 0.2) is 48.5 Å². The van der Waals surface area contributed by atoms with Crippen LogP contribution >= 0.6 is 0 Å². The molecule has 2 aromatic carbocycles. The van der Waals surface area contributed by atoms with E-state index in [9.17, 15) is 4.79 Å². The molecule has 2 aromatic rings. The molecule has 0 radical (unpaired) electrons. The Morgan fingerprint density at radius 2 is 1.68 bits per heavy atom. The maximum Gasteiger partial charge on any atom is 0.222 e. The molecule has 0 saturated carbocycles.